The second-order valence-corrected chi connectivity index (χ2v) is 7.97. The summed E-state index contributed by atoms with van der Waals surface area (Å²) in [7, 11) is 0. The van der Waals surface area contributed by atoms with E-state index < -0.39 is 5.97 Å². The van der Waals surface area contributed by atoms with Gasteiger partial charge in [-0.25, -0.2) is 0 Å². The zero-order valence-electron chi connectivity index (χ0n) is 16.6. The minimum atomic E-state index is -0.707. The Morgan fingerprint density at radius 2 is 1.73 bits per heavy atom. The van der Waals surface area contributed by atoms with E-state index in [1.54, 1.807) is 0 Å². The van der Waals surface area contributed by atoms with Crippen LogP contribution in [-0.2, 0) is 4.79 Å². The lowest BCUT2D eigenvalue weighted by atomic mass is 9.88. The first kappa shape index (κ1) is 23.2. The van der Waals surface area contributed by atoms with Gasteiger partial charge >= 0.3 is 5.97 Å². The smallest absolute Gasteiger partial charge is 0.303 e. The Bertz CT molecular complexity index is 394. The fourth-order valence-corrected chi connectivity index (χ4v) is 4.06. The number of rotatable bonds is 15. The molecule has 0 amide bonds. The van der Waals surface area contributed by atoms with Gasteiger partial charge in [0.2, 0.25) is 0 Å². The molecule has 152 valence electrons. The van der Waals surface area contributed by atoms with Crippen LogP contribution in [0.2, 0.25) is 0 Å². The lowest BCUT2D eigenvalue weighted by Crippen LogP contribution is -2.18. The van der Waals surface area contributed by atoms with Crippen molar-refractivity contribution in [3.8, 4) is 0 Å². The Balaban J connectivity index is 2.22. The molecule has 4 unspecified atom stereocenters. The molecule has 0 bridgehead atoms. The monoisotopic (exact) mass is 368 g/mol. The predicted octanol–water partition coefficient (Wildman–Crippen LogP) is 5.08. The van der Waals surface area contributed by atoms with E-state index in [1.807, 2.05) is 6.08 Å². The number of hydrogen-bond acceptors (Lipinski definition) is 3. The summed E-state index contributed by atoms with van der Waals surface area (Å²) in [5.41, 5.74) is 0. The van der Waals surface area contributed by atoms with Gasteiger partial charge in [0.15, 0.2) is 0 Å². The van der Waals surface area contributed by atoms with Crippen molar-refractivity contribution >= 4 is 5.97 Å². The molecule has 1 rings (SSSR count). The molecule has 4 nitrogen and oxygen atoms in total. The van der Waals surface area contributed by atoms with Crippen LogP contribution in [0.1, 0.15) is 96.8 Å². The molecule has 26 heavy (non-hydrogen) atoms. The van der Waals surface area contributed by atoms with Gasteiger partial charge in [-0.05, 0) is 43.9 Å². The number of aliphatic hydroxyl groups is 2. The fourth-order valence-electron chi connectivity index (χ4n) is 4.06. The third-order valence-electron chi connectivity index (χ3n) is 5.70. The van der Waals surface area contributed by atoms with Crippen LogP contribution in [0.3, 0.4) is 0 Å². The molecule has 0 radical (unpaired) electrons. The molecule has 0 aromatic rings. The van der Waals surface area contributed by atoms with Crippen molar-refractivity contribution in [2.75, 3.05) is 0 Å². The minimum absolute atomic E-state index is 0.210. The second-order valence-electron chi connectivity index (χ2n) is 7.97. The maximum absolute atomic E-state index is 10.5. The van der Waals surface area contributed by atoms with Gasteiger partial charge in [-0.15, -0.1) is 0 Å². The maximum Gasteiger partial charge on any atom is 0.303 e. The van der Waals surface area contributed by atoms with Gasteiger partial charge in [0.1, 0.15) is 0 Å². The average Bonchev–Trinajstić information content (AvgIpc) is 2.96. The molecule has 4 heteroatoms. The summed E-state index contributed by atoms with van der Waals surface area (Å²) < 4.78 is 0. The Morgan fingerprint density at radius 3 is 2.46 bits per heavy atom. The van der Waals surface area contributed by atoms with Gasteiger partial charge < -0.3 is 15.3 Å². The molecule has 0 saturated heterocycles. The van der Waals surface area contributed by atoms with Crippen molar-refractivity contribution in [1.29, 1.82) is 0 Å². The molecule has 1 aliphatic rings. The lowest BCUT2D eigenvalue weighted by molar-refractivity contribution is -0.137. The number of aliphatic carboxylic acids is 1. The molecule has 0 spiro atoms. The summed E-state index contributed by atoms with van der Waals surface area (Å²) >= 11 is 0. The molecule has 3 N–H and O–H groups in total. The quantitative estimate of drug-likeness (QED) is 0.278. The van der Waals surface area contributed by atoms with Crippen LogP contribution >= 0.6 is 0 Å². The Kier molecular flexibility index (Phi) is 12.7. The number of carboxylic acid groups (broad SMARTS) is 1. The second kappa shape index (κ2) is 14.2. The first-order valence-electron chi connectivity index (χ1n) is 10.8. The van der Waals surface area contributed by atoms with Crippen molar-refractivity contribution in [2.45, 2.75) is 109 Å². The van der Waals surface area contributed by atoms with Crippen LogP contribution in [0.15, 0.2) is 12.2 Å². The third kappa shape index (κ3) is 10.3. The van der Waals surface area contributed by atoms with E-state index >= 15 is 0 Å². The molecule has 0 aliphatic heterocycles. The Hall–Kier alpha value is -0.870. The molecule has 1 saturated carbocycles. The lowest BCUT2D eigenvalue weighted by Gasteiger charge is -2.20. The van der Waals surface area contributed by atoms with Gasteiger partial charge in [-0.2, -0.15) is 0 Å². The summed E-state index contributed by atoms with van der Waals surface area (Å²) in [6, 6.07) is 0. The SMILES string of the molecule is CCCCCCC(O)C=CC1CCC(O)C1CCCCCCCC(=O)O. The van der Waals surface area contributed by atoms with Gasteiger partial charge in [0, 0.05) is 6.42 Å². The van der Waals surface area contributed by atoms with Crippen molar-refractivity contribution in [1.82, 2.24) is 0 Å². The molecule has 4 atom stereocenters. The first-order chi connectivity index (χ1) is 12.5. The summed E-state index contributed by atoms with van der Waals surface area (Å²) in [5.74, 6) is 0.00104. The summed E-state index contributed by atoms with van der Waals surface area (Å²) in [6.45, 7) is 2.19. The van der Waals surface area contributed by atoms with Gasteiger partial charge in [0.25, 0.3) is 0 Å². The standard InChI is InChI=1S/C22H40O4/c1-2-3-4-8-11-19(23)16-14-18-15-17-21(24)20(18)12-9-6-5-7-10-13-22(25)26/h14,16,18-21,23-24H,2-13,15,17H2,1H3,(H,25,26). The molecule has 0 aromatic heterocycles. The van der Waals surface area contributed by atoms with E-state index in [-0.39, 0.29) is 18.6 Å². The van der Waals surface area contributed by atoms with E-state index in [0.717, 1.165) is 64.2 Å². The van der Waals surface area contributed by atoms with Gasteiger partial charge in [0.05, 0.1) is 12.2 Å². The van der Waals surface area contributed by atoms with Crippen molar-refractivity contribution in [2.24, 2.45) is 11.8 Å². The fraction of sp³-hybridized carbons (Fsp3) is 0.864. The van der Waals surface area contributed by atoms with E-state index in [1.165, 1.54) is 19.3 Å². The van der Waals surface area contributed by atoms with Gasteiger partial charge in [-0.1, -0.05) is 70.4 Å². The maximum atomic E-state index is 10.5. The number of allylic oxidation sites excluding steroid dienone is 1. The number of carbonyl (C=O) groups is 1. The molecular formula is C22H40O4. The van der Waals surface area contributed by atoms with Crippen LogP contribution in [0.25, 0.3) is 0 Å². The molecule has 0 aromatic carbocycles. The largest absolute Gasteiger partial charge is 0.481 e. The van der Waals surface area contributed by atoms with Crippen LogP contribution in [0, 0.1) is 11.8 Å². The molecular weight excluding hydrogens is 328 g/mol. The molecule has 1 fully saturated rings. The highest BCUT2D eigenvalue weighted by Gasteiger charge is 2.32. The van der Waals surface area contributed by atoms with E-state index in [9.17, 15) is 15.0 Å². The van der Waals surface area contributed by atoms with E-state index in [0.29, 0.717) is 11.8 Å². The van der Waals surface area contributed by atoms with Crippen molar-refractivity contribution < 1.29 is 20.1 Å². The van der Waals surface area contributed by atoms with Gasteiger partial charge in [-0.3, -0.25) is 4.79 Å². The van der Waals surface area contributed by atoms with Crippen LogP contribution < -0.4 is 0 Å². The van der Waals surface area contributed by atoms with E-state index in [4.69, 9.17) is 5.11 Å². The summed E-state index contributed by atoms with van der Waals surface area (Å²) in [5, 5.41) is 29.0. The zero-order chi connectivity index (χ0) is 19.2. The summed E-state index contributed by atoms with van der Waals surface area (Å²) in [6.07, 6.45) is 17.3. The predicted molar refractivity (Wildman–Crippen MR) is 106 cm³/mol. The van der Waals surface area contributed by atoms with Crippen molar-refractivity contribution in [3.05, 3.63) is 12.2 Å². The van der Waals surface area contributed by atoms with E-state index in [2.05, 4.69) is 13.0 Å². The number of carboxylic acids is 1. The van der Waals surface area contributed by atoms with Crippen LogP contribution in [0.4, 0.5) is 0 Å². The first-order valence-corrected chi connectivity index (χ1v) is 10.8. The topological polar surface area (TPSA) is 77.8 Å². The molecule has 0 heterocycles. The van der Waals surface area contributed by atoms with Crippen LogP contribution in [0.5, 0.6) is 0 Å². The zero-order valence-corrected chi connectivity index (χ0v) is 16.6. The number of aliphatic hydroxyl groups excluding tert-OH is 2. The highest BCUT2D eigenvalue weighted by Crippen LogP contribution is 2.37. The van der Waals surface area contributed by atoms with Crippen LogP contribution in [-0.4, -0.2) is 33.5 Å². The minimum Gasteiger partial charge on any atom is -0.481 e. The summed E-state index contributed by atoms with van der Waals surface area (Å²) in [4.78, 5) is 10.5. The average molecular weight is 369 g/mol. The normalized spacial score (nSPS) is 24.3. The Morgan fingerprint density at radius 1 is 1.04 bits per heavy atom. The Labute approximate surface area is 159 Å². The highest BCUT2D eigenvalue weighted by molar-refractivity contribution is 5.66. The highest BCUT2D eigenvalue weighted by atomic mass is 16.4. The molecule has 1 aliphatic carbocycles. The number of hydrogen-bond donors (Lipinski definition) is 3. The third-order valence-corrected chi connectivity index (χ3v) is 5.70. The van der Waals surface area contributed by atoms with Crippen molar-refractivity contribution in [3.63, 3.8) is 0 Å². The number of unbranched alkanes of at least 4 members (excludes halogenated alkanes) is 7.